The molecule has 0 aliphatic carbocycles. The highest BCUT2D eigenvalue weighted by molar-refractivity contribution is 5.99. The van der Waals surface area contributed by atoms with Crippen molar-refractivity contribution < 1.29 is 14.3 Å². The molecule has 2 rings (SSSR count). The molecule has 0 bridgehead atoms. The van der Waals surface area contributed by atoms with Crippen LogP contribution in [0, 0.1) is 11.8 Å². The fraction of sp³-hybridized carbons (Fsp3) is 0.867. The van der Waals surface area contributed by atoms with E-state index >= 15 is 0 Å². The number of hydrogen-bond acceptors (Lipinski definition) is 3. The highest BCUT2D eigenvalue weighted by Gasteiger charge is 2.46. The van der Waals surface area contributed by atoms with Crippen molar-refractivity contribution in [3.05, 3.63) is 0 Å². The first-order chi connectivity index (χ1) is 9.33. The molecule has 5 heteroatoms. The van der Waals surface area contributed by atoms with Gasteiger partial charge in [0.1, 0.15) is 11.6 Å². The van der Waals surface area contributed by atoms with Crippen LogP contribution in [0.25, 0.3) is 0 Å². The Kier molecular flexibility index (Phi) is 4.37. The van der Waals surface area contributed by atoms with E-state index in [0.717, 1.165) is 26.1 Å². The van der Waals surface area contributed by atoms with Gasteiger partial charge in [0.2, 0.25) is 11.8 Å². The molecule has 20 heavy (non-hydrogen) atoms. The van der Waals surface area contributed by atoms with Crippen molar-refractivity contribution in [2.45, 2.75) is 52.1 Å². The number of piperazine rings is 1. The van der Waals surface area contributed by atoms with Crippen molar-refractivity contribution in [1.82, 2.24) is 10.2 Å². The molecule has 2 unspecified atom stereocenters. The summed E-state index contributed by atoms with van der Waals surface area (Å²) < 4.78 is 5.38. The second kappa shape index (κ2) is 5.72. The summed E-state index contributed by atoms with van der Waals surface area (Å²) >= 11 is 0. The molecular formula is C15H26N2O3. The first kappa shape index (κ1) is 15.3. The molecule has 2 amide bonds. The van der Waals surface area contributed by atoms with E-state index in [1.165, 1.54) is 0 Å². The molecule has 0 aromatic rings. The monoisotopic (exact) mass is 282 g/mol. The van der Waals surface area contributed by atoms with Crippen LogP contribution in [0.2, 0.25) is 0 Å². The molecule has 2 atom stereocenters. The lowest BCUT2D eigenvalue weighted by Crippen LogP contribution is -2.69. The van der Waals surface area contributed by atoms with Crippen molar-refractivity contribution in [3.63, 3.8) is 0 Å². The maximum absolute atomic E-state index is 12.6. The zero-order valence-electron chi connectivity index (χ0n) is 12.9. The van der Waals surface area contributed by atoms with Gasteiger partial charge >= 0.3 is 0 Å². The van der Waals surface area contributed by atoms with E-state index in [1.54, 1.807) is 18.7 Å². The third-order valence-electron chi connectivity index (χ3n) is 4.27. The molecule has 114 valence electrons. The fourth-order valence-electron chi connectivity index (χ4n) is 3.10. The Labute approximate surface area is 121 Å². The van der Waals surface area contributed by atoms with Gasteiger partial charge in [0.25, 0.3) is 0 Å². The number of carbonyl (C=O) groups is 2. The summed E-state index contributed by atoms with van der Waals surface area (Å²) in [7, 11) is 0. The van der Waals surface area contributed by atoms with Crippen LogP contribution in [0.15, 0.2) is 0 Å². The molecule has 2 fully saturated rings. The Morgan fingerprint density at radius 1 is 1.40 bits per heavy atom. The maximum atomic E-state index is 12.6. The van der Waals surface area contributed by atoms with Crippen LogP contribution >= 0.6 is 0 Å². The predicted octanol–water partition coefficient (Wildman–Crippen LogP) is 1.17. The molecule has 1 N–H and O–H groups in total. The normalized spacial score (nSPS) is 29.9. The Balaban J connectivity index is 2.09. The first-order valence-corrected chi connectivity index (χ1v) is 7.54. The van der Waals surface area contributed by atoms with Crippen LogP contribution in [0.5, 0.6) is 0 Å². The first-order valence-electron chi connectivity index (χ1n) is 7.54. The van der Waals surface area contributed by atoms with Gasteiger partial charge in [-0.05, 0) is 38.5 Å². The largest absolute Gasteiger partial charge is 0.381 e. The minimum Gasteiger partial charge on any atom is -0.381 e. The SMILES string of the molecule is CC(C)C1C(=O)NC(C)(C)C(=O)N1CCC1CCOC1. The molecular weight excluding hydrogens is 256 g/mol. The molecule has 2 heterocycles. The molecule has 2 saturated heterocycles. The van der Waals surface area contributed by atoms with Crippen LogP contribution in [0.1, 0.15) is 40.5 Å². The number of rotatable bonds is 4. The number of amides is 2. The quantitative estimate of drug-likeness (QED) is 0.842. The van der Waals surface area contributed by atoms with Crippen molar-refractivity contribution in [3.8, 4) is 0 Å². The Morgan fingerprint density at radius 3 is 2.65 bits per heavy atom. The van der Waals surface area contributed by atoms with E-state index in [4.69, 9.17) is 4.74 Å². The van der Waals surface area contributed by atoms with Crippen molar-refractivity contribution in [1.29, 1.82) is 0 Å². The van der Waals surface area contributed by atoms with Gasteiger partial charge in [-0.2, -0.15) is 0 Å². The molecule has 5 nitrogen and oxygen atoms in total. The average molecular weight is 282 g/mol. The number of nitrogens with zero attached hydrogens (tertiary/aromatic N) is 1. The molecule has 0 aromatic carbocycles. The van der Waals surface area contributed by atoms with Gasteiger partial charge in [-0.25, -0.2) is 0 Å². The van der Waals surface area contributed by atoms with E-state index < -0.39 is 5.54 Å². The highest BCUT2D eigenvalue weighted by Crippen LogP contribution is 2.25. The summed E-state index contributed by atoms with van der Waals surface area (Å²) in [5, 5.41) is 2.84. The fourth-order valence-corrected chi connectivity index (χ4v) is 3.10. The summed E-state index contributed by atoms with van der Waals surface area (Å²) in [5.41, 5.74) is -0.797. The van der Waals surface area contributed by atoms with Crippen molar-refractivity contribution in [2.24, 2.45) is 11.8 Å². The molecule has 2 aliphatic rings. The van der Waals surface area contributed by atoms with Gasteiger partial charge in [-0.1, -0.05) is 13.8 Å². The van der Waals surface area contributed by atoms with Crippen molar-refractivity contribution >= 4 is 11.8 Å². The maximum Gasteiger partial charge on any atom is 0.248 e. The summed E-state index contributed by atoms with van der Waals surface area (Å²) in [4.78, 5) is 26.6. The second-order valence-electron chi connectivity index (χ2n) is 6.82. The molecule has 0 spiro atoms. The summed E-state index contributed by atoms with van der Waals surface area (Å²) in [6, 6.07) is -0.349. The number of nitrogens with one attached hydrogen (secondary N) is 1. The average Bonchev–Trinajstić information content (AvgIpc) is 2.83. The van der Waals surface area contributed by atoms with Crippen LogP contribution in [-0.4, -0.2) is 48.1 Å². The van der Waals surface area contributed by atoms with Crippen LogP contribution in [0.4, 0.5) is 0 Å². The number of hydrogen-bond donors (Lipinski definition) is 1. The topological polar surface area (TPSA) is 58.6 Å². The minimum absolute atomic E-state index is 0.0229. The highest BCUT2D eigenvalue weighted by atomic mass is 16.5. The molecule has 0 radical (unpaired) electrons. The van der Waals surface area contributed by atoms with Crippen LogP contribution in [-0.2, 0) is 14.3 Å². The smallest absolute Gasteiger partial charge is 0.248 e. The summed E-state index contributed by atoms with van der Waals surface area (Å²) in [5.74, 6) is 0.626. The number of ether oxygens (including phenoxy) is 1. The van der Waals surface area contributed by atoms with Crippen LogP contribution < -0.4 is 5.32 Å². The zero-order chi connectivity index (χ0) is 14.9. The van der Waals surface area contributed by atoms with E-state index in [0.29, 0.717) is 12.5 Å². The summed E-state index contributed by atoms with van der Waals surface area (Å²) in [6.45, 7) is 9.77. The van der Waals surface area contributed by atoms with Gasteiger partial charge in [0.05, 0.1) is 0 Å². The minimum atomic E-state index is -0.797. The Morgan fingerprint density at radius 2 is 2.10 bits per heavy atom. The standard InChI is InChI=1S/C15H26N2O3/c1-10(2)12-13(18)16-15(3,4)14(19)17(12)7-5-11-6-8-20-9-11/h10-12H,5-9H2,1-4H3,(H,16,18). The lowest BCUT2D eigenvalue weighted by Gasteiger charge is -2.44. The molecule has 2 aliphatic heterocycles. The summed E-state index contributed by atoms with van der Waals surface area (Å²) in [6.07, 6.45) is 1.97. The van der Waals surface area contributed by atoms with Crippen molar-refractivity contribution in [2.75, 3.05) is 19.8 Å². The van der Waals surface area contributed by atoms with E-state index in [-0.39, 0.29) is 23.8 Å². The lowest BCUT2D eigenvalue weighted by atomic mass is 9.90. The van der Waals surface area contributed by atoms with Gasteiger partial charge in [-0.3, -0.25) is 9.59 Å². The van der Waals surface area contributed by atoms with E-state index in [1.807, 2.05) is 13.8 Å². The Hall–Kier alpha value is -1.10. The molecule has 0 saturated carbocycles. The third-order valence-corrected chi connectivity index (χ3v) is 4.27. The van der Waals surface area contributed by atoms with Gasteiger partial charge in [0.15, 0.2) is 0 Å². The zero-order valence-corrected chi connectivity index (χ0v) is 12.9. The second-order valence-corrected chi connectivity index (χ2v) is 6.82. The predicted molar refractivity (Wildman–Crippen MR) is 76.1 cm³/mol. The van der Waals surface area contributed by atoms with Gasteiger partial charge in [0, 0.05) is 19.8 Å². The third kappa shape index (κ3) is 2.97. The van der Waals surface area contributed by atoms with Gasteiger partial charge in [-0.15, -0.1) is 0 Å². The van der Waals surface area contributed by atoms with Crippen LogP contribution in [0.3, 0.4) is 0 Å². The van der Waals surface area contributed by atoms with Gasteiger partial charge < -0.3 is 15.0 Å². The Bertz CT molecular complexity index is 387. The number of carbonyl (C=O) groups excluding carboxylic acids is 2. The lowest BCUT2D eigenvalue weighted by molar-refractivity contribution is -0.155. The van der Waals surface area contributed by atoms with E-state index in [9.17, 15) is 9.59 Å². The van der Waals surface area contributed by atoms with E-state index in [2.05, 4.69) is 5.32 Å². The molecule has 0 aromatic heterocycles.